The highest BCUT2D eigenvalue weighted by molar-refractivity contribution is 5.91. The van der Waals surface area contributed by atoms with Crippen molar-refractivity contribution in [3.63, 3.8) is 0 Å². The molecule has 0 bridgehead atoms. The van der Waals surface area contributed by atoms with Gasteiger partial charge in [-0.05, 0) is 191 Å². The zero-order chi connectivity index (χ0) is 56.0. The van der Waals surface area contributed by atoms with Crippen LogP contribution in [0.5, 0.6) is 0 Å². The fourth-order valence-electron chi connectivity index (χ4n) is 14.0. The predicted octanol–water partition coefficient (Wildman–Crippen LogP) is 21.0. The SMILES string of the molecule is C=C(/C=C\C(=C/C)N(c1ccc2c(c1)C(C)(C)c1ccccc1-2)c1ccc(C)cc1C)C1(c2ccc(N(c3ccc4c(c3)C(C)(C)c3ccccc3-4)c3ccc(C)cc3C)cc2)c2ccccc2N(c2ccccc2)c2ccccc21. The van der Waals surface area contributed by atoms with E-state index in [1.165, 1.54) is 66.8 Å². The zero-order valence-electron chi connectivity index (χ0n) is 48.1. The molecular formula is C78H69N3. The molecule has 0 radical (unpaired) electrons. The van der Waals surface area contributed by atoms with Gasteiger partial charge in [-0.1, -0.05) is 209 Å². The third-order valence-corrected chi connectivity index (χ3v) is 18.0. The highest BCUT2D eigenvalue weighted by atomic mass is 15.2. The molecule has 0 N–H and O–H groups in total. The lowest BCUT2D eigenvalue weighted by Gasteiger charge is -2.46. The Morgan fingerprint density at radius 3 is 1.42 bits per heavy atom. The number of benzene rings is 10. The molecule has 3 nitrogen and oxygen atoms in total. The quantitative estimate of drug-likeness (QED) is 0.120. The molecule has 13 rings (SSSR count). The number of hydrogen-bond acceptors (Lipinski definition) is 3. The van der Waals surface area contributed by atoms with Gasteiger partial charge in [0.1, 0.15) is 0 Å². The smallest absolute Gasteiger partial charge is 0.0736 e. The second-order valence-electron chi connectivity index (χ2n) is 23.6. The minimum absolute atomic E-state index is 0.150. The van der Waals surface area contributed by atoms with E-state index < -0.39 is 5.41 Å². The molecule has 1 heterocycles. The Morgan fingerprint density at radius 2 is 0.877 bits per heavy atom. The minimum atomic E-state index is -0.825. The molecule has 10 aromatic carbocycles. The Kier molecular flexibility index (Phi) is 12.4. The van der Waals surface area contributed by atoms with E-state index in [-0.39, 0.29) is 10.8 Å². The van der Waals surface area contributed by atoms with Crippen LogP contribution in [0, 0.1) is 27.7 Å². The highest BCUT2D eigenvalue weighted by Crippen LogP contribution is 2.59. The Balaban J connectivity index is 0.985. The minimum Gasteiger partial charge on any atom is -0.311 e. The van der Waals surface area contributed by atoms with E-state index in [0.717, 1.165) is 73.5 Å². The van der Waals surface area contributed by atoms with E-state index in [1.807, 2.05) is 0 Å². The van der Waals surface area contributed by atoms with Gasteiger partial charge in [0.25, 0.3) is 0 Å². The van der Waals surface area contributed by atoms with Gasteiger partial charge in [-0.25, -0.2) is 0 Å². The van der Waals surface area contributed by atoms with E-state index in [0.29, 0.717) is 0 Å². The van der Waals surface area contributed by atoms with Crippen molar-refractivity contribution in [1.29, 1.82) is 0 Å². The molecule has 0 atom stereocenters. The summed E-state index contributed by atoms with van der Waals surface area (Å²) in [6.45, 7) is 25.7. The van der Waals surface area contributed by atoms with Gasteiger partial charge in [0.15, 0.2) is 0 Å². The maximum atomic E-state index is 5.23. The lowest BCUT2D eigenvalue weighted by molar-refractivity contribution is 0.660. The van der Waals surface area contributed by atoms with Crippen LogP contribution in [0.25, 0.3) is 22.3 Å². The zero-order valence-corrected chi connectivity index (χ0v) is 48.1. The van der Waals surface area contributed by atoms with Crippen LogP contribution in [-0.2, 0) is 16.2 Å². The van der Waals surface area contributed by atoms with Crippen molar-refractivity contribution in [2.45, 2.75) is 78.6 Å². The number of fused-ring (bicyclic) bond motifs is 8. The fourth-order valence-corrected chi connectivity index (χ4v) is 14.0. The molecule has 10 aromatic rings. The van der Waals surface area contributed by atoms with Crippen molar-refractivity contribution in [2.75, 3.05) is 14.7 Å². The molecule has 3 heteroatoms. The average molecular weight is 1050 g/mol. The lowest BCUT2D eigenvalue weighted by atomic mass is 9.62. The molecule has 3 aliphatic rings. The van der Waals surface area contributed by atoms with Crippen molar-refractivity contribution in [3.05, 3.63) is 322 Å². The first kappa shape index (κ1) is 51.3. The Hall–Kier alpha value is -9.18. The average Bonchev–Trinajstić information content (AvgIpc) is 3.84. The molecular weight excluding hydrogens is 979 g/mol. The summed E-state index contributed by atoms with van der Waals surface area (Å²) in [5, 5.41) is 0. The van der Waals surface area contributed by atoms with Gasteiger partial charge in [-0.3, -0.25) is 0 Å². The van der Waals surface area contributed by atoms with E-state index in [1.54, 1.807) is 0 Å². The first-order valence-electron chi connectivity index (χ1n) is 28.6. The van der Waals surface area contributed by atoms with Crippen LogP contribution < -0.4 is 14.7 Å². The van der Waals surface area contributed by atoms with Gasteiger partial charge in [0.05, 0.1) is 16.8 Å². The normalized spacial score (nSPS) is 14.8. The highest BCUT2D eigenvalue weighted by Gasteiger charge is 2.47. The first-order valence-corrected chi connectivity index (χ1v) is 28.6. The molecule has 1 aliphatic heterocycles. The van der Waals surface area contributed by atoms with Gasteiger partial charge in [-0.15, -0.1) is 0 Å². The van der Waals surface area contributed by atoms with Gasteiger partial charge >= 0.3 is 0 Å². The lowest BCUT2D eigenvalue weighted by Crippen LogP contribution is -2.37. The summed E-state index contributed by atoms with van der Waals surface area (Å²) in [5.74, 6) is 0. The van der Waals surface area contributed by atoms with Crippen LogP contribution in [0.4, 0.5) is 45.5 Å². The second kappa shape index (κ2) is 19.6. The molecule has 0 unspecified atom stereocenters. The number of rotatable bonds is 11. The molecule has 0 amide bonds. The summed E-state index contributed by atoms with van der Waals surface area (Å²) in [6.07, 6.45) is 6.85. The molecule has 0 saturated carbocycles. The standard InChI is InChI=1S/C78H69N3/c1-11-57(79(72-45-33-51(2)47-53(72)4)60-41-43-64-62-25-15-17-27-66(62)76(7,8)70(64)49-60)38-35-55(6)78(68-29-19-21-31-74(68)81(58-23-13-12-14-24-58)75-32-22-20-30-69(75)78)56-36-39-59(40-37-56)80(73-46-34-52(3)48-54(73)5)61-42-44-65-63-26-16-18-28-67(63)77(9,10)71(65)50-61/h11-50H,6H2,1-5,7-10H3/b38-35-,57-11+. The van der Waals surface area contributed by atoms with Crippen molar-refractivity contribution in [1.82, 2.24) is 0 Å². The van der Waals surface area contributed by atoms with Crippen LogP contribution >= 0.6 is 0 Å². The largest absolute Gasteiger partial charge is 0.311 e. The van der Waals surface area contributed by atoms with Crippen molar-refractivity contribution < 1.29 is 0 Å². The summed E-state index contributed by atoms with van der Waals surface area (Å²) in [7, 11) is 0. The van der Waals surface area contributed by atoms with Gasteiger partial charge in [0, 0.05) is 50.7 Å². The molecule has 0 fully saturated rings. The third-order valence-electron chi connectivity index (χ3n) is 18.0. The van der Waals surface area contributed by atoms with Gasteiger partial charge < -0.3 is 14.7 Å². The number of hydrogen-bond donors (Lipinski definition) is 0. The Bertz CT molecular complexity index is 4160. The maximum absolute atomic E-state index is 5.23. The Labute approximate surface area is 480 Å². The summed E-state index contributed by atoms with van der Waals surface area (Å²) in [6, 6.07) is 83.7. The van der Waals surface area contributed by atoms with E-state index in [2.05, 4.69) is 320 Å². The fraction of sp³-hybridized carbons (Fsp3) is 0.154. The van der Waals surface area contributed by atoms with Crippen molar-refractivity contribution in [2.24, 2.45) is 0 Å². The van der Waals surface area contributed by atoms with E-state index >= 15 is 0 Å². The van der Waals surface area contributed by atoms with E-state index in [9.17, 15) is 0 Å². The van der Waals surface area contributed by atoms with Crippen molar-refractivity contribution in [3.8, 4) is 22.3 Å². The molecule has 0 saturated heterocycles. The number of anilines is 8. The Morgan fingerprint density at radius 1 is 0.420 bits per heavy atom. The summed E-state index contributed by atoms with van der Waals surface area (Å²) >= 11 is 0. The monoisotopic (exact) mass is 1050 g/mol. The molecule has 0 spiro atoms. The summed E-state index contributed by atoms with van der Waals surface area (Å²) in [4.78, 5) is 7.33. The van der Waals surface area contributed by atoms with Crippen LogP contribution in [0.3, 0.4) is 0 Å². The van der Waals surface area contributed by atoms with E-state index in [4.69, 9.17) is 6.58 Å². The molecule has 396 valence electrons. The third kappa shape index (κ3) is 8.07. The van der Waals surface area contributed by atoms with Crippen molar-refractivity contribution >= 4 is 45.5 Å². The van der Waals surface area contributed by atoms with Crippen LogP contribution in [-0.4, -0.2) is 0 Å². The summed E-state index contributed by atoms with van der Waals surface area (Å²) < 4.78 is 0. The number of para-hydroxylation sites is 3. The first-order chi connectivity index (χ1) is 39.2. The van der Waals surface area contributed by atoms with Gasteiger partial charge in [0.2, 0.25) is 0 Å². The number of allylic oxidation sites excluding steroid dienone is 4. The van der Waals surface area contributed by atoms with Gasteiger partial charge in [-0.2, -0.15) is 0 Å². The van der Waals surface area contributed by atoms with Crippen LogP contribution in [0.15, 0.2) is 261 Å². The topological polar surface area (TPSA) is 9.72 Å². The molecule has 0 aromatic heterocycles. The predicted molar refractivity (Wildman–Crippen MR) is 343 cm³/mol. The number of nitrogens with zero attached hydrogens (tertiary/aromatic N) is 3. The van der Waals surface area contributed by atoms with Crippen LogP contribution in [0.2, 0.25) is 0 Å². The second-order valence-corrected chi connectivity index (χ2v) is 23.6. The maximum Gasteiger partial charge on any atom is 0.0736 e. The summed E-state index contributed by atoms with van der Waals surface area (Å²) in [5.41, 5.74) is 28.9. The molecule has 2 aliphatic carbocycles. The van der Waals surface area contributed by atoms with Crippen LogP contribution in [0.1, 0.15) is 95.8 Å². The number of aryl methyl sites for hydroxylation is 4. The molecule has 81 heavy (non-hydrogen) atoms.